The first-order chi connectivity index (χ1) is 10.2. The number of hydrogen-bond acceptors (Lipinski definition) is 4. The van der Waals surface area contributed by atoms with Gasteiger partial charge in [0.2, 0.25) is 5.91 Å². The normalized spacial score (nSPS) is 22.0. The summed E-state index contributed by atoms with van der Waals surface area (Å²) in [5.41, 5.74) is 0.891. The minimum absolute atomic E-state index is 0.0194. The average Bonchev–Trinajstić information content (AvgIpc) is 2.54. The smallest absolute Gasteiger partial charge is 0.308 e. The summed E-state index contributed by atoms with van der Waals surface area (Å²) in [6, 6.07) is 3.85. The highest BCUT2D eigenvalue weighted by atomic mass is 16.5. The second kappa shape index (κ2) is 7.57. The van der Waals surface area contributed by atoms with Crippen molar-refractivity contribution in [2.75, 3.05) is 7.11 Å². The van der Waals surface area contributed by atoms with Crippen molar-refractivity contribution >= 4 is 18.0 Å². The van der Waals surface area contributed by atoms with E-state index in [4.69, 9.17) is 4.74 Å². The Labute approximate surface area is 124 Å². The van der Waals surface area contributed by atoms with Gasteiger partial charge in [0.1, 0.15) is 0 Å². The second-order valence-corrected chi connectivity index (χ2v) is 5.20. The number of carbonyl (C=O) groups excluding carboxylic acids is 2. The van der Waals surface area contributed by atoms with Crippen LogP contribution in [0.5, 0.6) is 0 Å². The van der Waals surface area contributed by atoms with Crippen molar-refractivity contribution in [1.82, 2.24) is 10.3 Å². The molecule has 0 bridgehead atoms. The Bertz CT molecular complexity index is 506. The molecule has 0 spiro atoms. The zero-order valence-electron chi connectivity index (χ0n) is 12.1. The van der Waals surface area contributed by atoms with Gasteiger partial charge in [-0.25, -0.2) is 0 Å². The van der Waals surface area contributed by atoms with Gasteiger partial charge in [0.05, 0.1) is 13.0 Å². The molecule has 21 heavy (non-hydrogen) atoms. The molecule has 112 valence electrons. The van der Waals surface area contributed by atoms with Crippen LogP contribution in [0.4, 0.5) is 0 Å². The standard InChI is InChI=1S/C16H20N2O3/c1-21-16(20)13-5-7-14(8-6-13)18-15(19)9-4-12-3-2-10-17-11-12/h2-4,9-11,13-14H,5-8H2,1H3,(H,18,19)/b9-4+. The van der Waals surface area contributed by atoms with Gasteiger partial charge in [0.15, 0.2) is 0 Å². The quantitative estimate of drug-likeness (QED) is 0.679. The van der Waals surface area contributed by atoms with Crippen molar-refractivity contribution in [2.24, 2.45) is 5.92 Å². The predicted octanol–water partition coefficient (Wildman–Crippen LogP) is 1.94. The van der Waals surface area contributed by atoms with E-state index in [-0.39, 0.29) is 23.8 Å². The highest BCUT2D eigenvalue weighted by molar-refractivity contribution is 5.91. The molecule has 1 fully saturated rings. The summed E-state index contributed by atoms with van der Waals surface area (Å²) in [6.45, 7) is 0. The largest absolute Gasteiger partial charge is 0.469 e. The molecule has 1 aromatic rings. The van der Waals surface area contributed by atoms with E-state index in [9.17, 15) is 9.59 Å². The van der Waals surface area contributed by atoms with Gasteiger partial charge < -0.3 is 10.1 Å². The van der Waals surface area contributed by atoms with Crippen molar-refractivity contribution < 1.29 is 14.3 Å². The maximum atomic E-state index is 11.8. The maximum Gasteiger partial charge on any atom is 0.308 e. The minimum atomic E-state index is -0.142. The minimum Gasteiger partial charge on any atom is -0.469 e. The number of nitrogens with one attached hydrogen (secondary N) is 1. The number of amides is 1. The molecule has 1 N–H and O–H groups in total. The van der Waals surface area contributed by atoms with E-state index in [0.29, 0.717) is 0 Å². The van der Waals surface area contributed by atoms with Gasteiger partial charge in [-0.3, -0.25) is 14.6 Å². The second-order valence-electron chi connectivity index (χ2n) is 5.20. The number of aromatic nitrogens is 1. The molecule has 1 saturated carbocycles. The highest BCUT2D eigenvalue weighted by Gasteiger charge is 2.27. The topological polar surface area (TPSA) is 68.3 Å². The van der Waals surface area contributed by atoms with E-state index < -0.39 is 0 Å². The van der Waals surface area contributed by atoms with Gasteiger partial charge in [0, 0.05) is 24.5 Å². The number of esters is 1. The lowest BCUT2D eigenvalue weighted by Gasteiger charge is -2.27. The van der Waals surface area contributed by atoms with Crippen LogP contribution in [-0.2, 0) is 14.3 Å². The lowest BCUT2D eigenvalue weighted by Crippen LogP contribution is -2.38. The summed E-state index contributed by atoms with van der Waals surface area (Å²) < 4.78 is 4.75. The first kappa shape index (κ1) is 15.2. The van der Waals surface area contributed by atoms with Gasteiger partial charge in [-0.15, -0.1) is 0 Å². The first-order valence-electron chi connectivity index (χ1n) is 7.15. The van der Waals surface area contributed by atoms with Crippen LogP contribution in [0.15, 0.2) is 30.6 Å². The average molecular weight is 288 g/mol. The van der Waals surface area contributed by atoms with Crippen LogP contribution in [0, 0.1) is 5.92 Å². The highest BCUT2D eigenvalue weighted by Crippen LogP contribution is 2.25. The van der Waals surface area contributed by atoms with E-state index in [1.807, 2.05) is 12.1 Å². The third kappa shape index (κ3) is 4.70. The summed E-state index contributed by atoms with van der Waals surface area (Å²) >= 11 is 0. The number of rotatable bonds is 4. The van der Waals surface area contributed by atoms with Crippen LogP contribution in [0.25, 0.3) is 6.08 Å². The van der Waals surface area contributed by atoms with Gasteiger partial charge in [0.25, 0.3) is 0 Å². The van der Waals surface area contributed by atoms with E-state index in [1.54, 1.807) is 18.5 Å². The van der Waals surface area contributed by atoms with Gasteiger partial charge in [-0.1, -0.05) is 6.07 Å². The predicted molar refractivity (Wildman–Crippen MR) is 79.2 cm³/mol. The molecule has 0 unspecified atom stereocenters. The molecule has 5 heteroatoms. The molecule has 0 aliphatic heterocycles. The molecule has 0 radical (unpaired) electrons. The summed E-state index contributed by atoms with van der Waals surface area (Å²) in [5.74, 6) is -0.272. The SMILES string of the molecule is COC(=O)C1CCC(NC(=O)/C=C/c2cccnc2)CC1. The van der Waals surface area contributed by atoms with Crippen molar-refractivity contribution in [3.63, 3.8) is 0 Å². The third-order valence-corrected chi connectivity index (χ3v) is 3.72. The number of ether oxygens (including phenoxy) is 1. The van der Waals surface area contributed by atoms with Crippen LogP contribution in [0.2, 0.25) is 0 Å². The van der Waals surface area contributed by atoms with Crippen molar-refractivity contribution in [1.29, 1.82) is 0 Å². The molecular formula is C16H20N2O3. The third-order valence-electron chi connectivity index (χ3n) is 3.72. The number of hydrogen-bond donors (Lipinski definition) is 1. The van der Waals surface area contributed by atoms with Crippen LogP contribution in [0.1, 0.15) is 31.2 Å². The fraction of sp³-hybridized carbons (Fsp3) is 0.438. The summed E-state index contributed by atoms with van der Waals surface area (Å²) in [4.78, 5) is 27.3. The van der Waals surface area contributed by atoms with E-state index >= 15 is 0 Å². The molecular weight excluding hydrogens is 268 g/mol. The Morgan fingerprint density at radius 1 is 1.33 bits per heavy atom. The molecule has 0 saturated heterocycles. The molecule has 0 atom stereocenters. The first-order valence-corrected chi connectivity index (χ1v) is 7.15. The Hall–Kier alpha value is -2.17. The van der Waals surface area contributed by atoms with E-state index in [0.717, 1.165) is 31.2 Å². The Morgan fingerprint density at radius 2 is 2.10 bits per heavy atom. The maximum absolute atomic E-state index is 11.8. The van der Waals surface area contributed by atoms with Crippen LogP contribution in [0.3, 0.4) is 0 Å². The molecule has 1 aromatic heterocycles. The zero-order valence-corrected chi connectivity index (χ0v) is 12.1. The van der Waals surface area contributed by atoms with Crippen LogP contribution in [-0.4, -0.2) is 30.0 Å². The summed E-state index contributed by atoms with van der Waals surface area (Å²) in [7, 11) is 1.42. The Morgan fingerprint density at radius 3 is 2.71 bits per heavy atom. The lowest BCUT2D eigenvalue weighted by molar-refractivity contribution is -0.146. The molecule has 1 amide bonds. The number of carbonyl (C=O) groups is 2. The fourth-order valence-electron chi connectivity index (χ4n) is 2.54. The van der Waals surface area contributed by atoms with E-state index in [1.165, 1.54) is 13.2 Å². The molecule has 2 rings (SSSR count). The van der Waals surface area contributed by atoms with Crippen LogP contribution < -0.4 is 5.32 Å². The van der Waals surface area contributed by atoms with Crippen LogP contribution >= 0.6 is 0 Å². The summed E-state index contributed by atoms with van der Waals surface area (Å²) in [5, 5.41) is 2.97. The van der Waals surface area contributed by atoms with Crippen molar-refractivity contribution in [3.8, 4) is 0 Å². The molecule has 1 aliphatic rings. The lowest BCUT2D eigenvalue weighted by atomic mass is 9.86. The fourth-order valence-corrected chi connectivity index (χ4v) is 2.54. The Balaban J connectivity index is 1.77. The molecule has 1 heterocycles. The number of pyridine rings is 1. The number of nitrogens with zero attached hydrogens (tertiary/aromatic N) is 1. The molecule has 5 nitrogen and oxygen atoms in total. The number of methoxy groups -OCH3 is 1. The molecule has 1 aliphatic carbocycles. The molecule has 0 aromatic carbocycles. The van der Waals surface area contributed by atoms with Gasteiger partial charge in [-0.05, 0) is 43.4 Å². The van der Waals surface area contributed by atoms with Gasteiger partial charge >= 0.3 is 5.97 Å². The van der Waals surface area contributed by atoms with Crippen molar-refractivity contribution in [3.05, 3.63) is 36.2 Å². The Kier molecular flexibility index (Phi) is 5.49. The summed E-state index contributed by atoms with van der Waals surface area (Å²) in [6.07, 6.45) is 9.81. The van der Waals surface area contributed by atoms with Crippen molar-refractivity contribution in [2.45, 2.75) is 31.7 Å². The van der Waals surface area contributed by atoms with E-state index in [2.05, 4.69) is 10.3 Å². The zero-order chi connectivity index (χ0) is 15.1. The monoisotopic (exact) mass is 288 g/mol. The van der Waals surface area contributed by atoms with Gasteiger partial charge in [-0.2, -0.15) is 0 Å².